The molecule has 1 aliphatic carbocycles. The molecule has 77 valence electrons. The third-order valence-electron chi connectivity index (χ3n) is 2.35. The van der Waals surface area contributed by atoms with Crippen LogP contribution in [0.1, 0.15) is 44.9 Å². The van der Waals surface area contributed by atoms with Crippen LogP contribution in [0.2, 0.25) is 0 Å². The van der Waals surface area contributed by atoms with Gasteiger partial charge in [0.1, 0.15) is 5.78 Å². The first-order chi connectivity index (χ1) is 6.89. The normalized spacial score (nSPS) is 25.6. The van der Waals surface area contributed by atoms with Crippen LogP contribution in [0.25, 0.3) is 0 Å². The summed E-state index contributed by atoms with van der Waals surface area (Å²) in [5, 5.41) is 0. The molecule has 0 aromatic heterocycles. The molecule has 0 atom stereocenters. The van der Waals surface area contributed by atoms with Crippen LogP contribution in [-0.2, 0) is 4.79 Å². The molecule has 0 unspecified atom stereocenters. The Balaban J connectivity index is 2.32. The minimum absolute atomic E-state index is 0.294. The van der Waals surface area contributed by atoms with Gasteiger partial charge in [-0.2, -0.15) is 0 Å². The fourth-order valence-corrected chi connectivity index (χ4v) is 1.50. The van der Waals surface area contributed by atoms with Crippen LogP contribution in [0.15, 0.2) is 24.3 Å². The molecule has 1 aliphatic rings. The number of hydrogen-bond donors (Lipinski definition) is 0. The van der Waals surface area contributed by atoms with Crippen LogP contribution in [0.3, 0.4) is 0 Å². The maximum absolute atomic E-state index is 11.3. The lowest BCUT2D eigenvalue weighted by Crippen LogP contribution is -1.96. The summed E-state index contributed by atoms with van der Waals surface area (Å²) in [7, 11) is 0. The third-order valence-corrected chi connectivity index (χ3v) is 2.35. The number of carbonyl (C=O) groups is 1. The molecule has 0 heterocycles. The van der Waals surface area contributed by atoms with E-state index in [-0.39, 0.29) is 0 Å². The molecule has 1 nitrogen and oxygen atoms in total. The fourth-order valence-electron chi connectivity index (χ4n) is 1.50. The fraction of sp³-hybridized carbons (Fsp3) is 0.538. The largest absolute Gasteiger partial charge is 0.299 e. The lowest BCUT2D eigenvalue weighted by atomic mass is 10.1. The summed E-state index contributed by atoms with van der Waals surface area (Å²) in [4.78, 5) is 11.3. The number of carbonyl (C=O) groups excluding carboxylic acids is 1. The molecule has 0 saturated carbocycles. The second kappa shape index (κ2) is 7.54. The number of ketones is 1. The van der Waals surface area contributed by atoms with Crippen LogP contribution < -0.4 is 0 Å². The molecular formula is C13H19O. The highest BCUT2D eigenvalue weighted by Crippen LogP contribution is 2.06. The van der Waals surface area contributed by atoms with Gasteiger partial charge in [0, 0.05) is 12.8 Å². The van der Waals surface area contributed by atoms with Crippen molar-refractivity contribution in [2.75, 3.05) is 0 Å². The van der Waals surface area contributed by atoms with Crippen molar-refractivity contribution in [3.63, 3.8) is 0 Å². The second-order valence-corrected chi connectivity index (χ2v) is 3.67. The molecule has 0 saturated heterocycles. The summed E-state index contributed by atoms with van der Waals surface area (Å²) in [5.74, 6) is 0.294. The highest BCUT2D eigenvalue weighted by Gasteiger charge is 1.99. The molecule has 0 aliphatic heterocycles. The summed E-state index contributed by atoms with van der Waals surface area (Å²) in [6, 6.07) is 0. The van der Waals surface area contributed by atoms with Gasteiger partial charge < -0.3 is 0 Å². The summed E-state index contributed by atoms with van der Waals surface area (Å²) < 4.78 is 0. The molecule has 0 amide bonds. The van der Waals surface area contributed by atoms with Crippen molar-refractivity contribution in [1.29, 1.82) is 0 Å². The molecular weight excluding hydrogens is 172 g/mol. The van der Waals surface area contributed by atoms with Gasteiger partial charge in [0.05, 0.1) is 0 Å². The maximum atomic E-state index is 11.3. The van der Waals surface area contributed by atoms with Crippen molar-refractivity contribution in [3.05, 3.63) is 30.7 Å². The van der Waals surface area contributed by atoms with Gasteiger partial charge in [0.2, 0.25) is 0 Å². The molecule has 0 aromatic rings. The van der Waals surface area contributed by atoms with Crippen molar-refractivity contribution in [1.82, 2.24) is 0 Å². The second-order valence-electron chi connectivity index (χ2n) is 3.67. The van der Waals surface area contributed by atoms with Crippen molar-refractivity contribution in [2.24, 2.45) is 0 Å². The van der Waals surface area contributed by atoms with Gasteiger partial charge in [-0.25, -0.2) is 0 Å². The Morgan fingerprint density at radius 3 is 2.29 bits per heavy atom. The summed E-state index contributed by atoms with van der Waals surface area (Å²) >= 11 is 0. The molecule has 1 rings (SSSR count). The zero-order valence-electron chi connectivity index (χ0n) is 8.74. The van der Waals surface area contributed by atoms with Crippen LogP contribution >= 0.6 is 0 Å². The molecule has 0 bridgehead atoms. The van der Waals surface area contributed by atoms with Crippen molar-refractivity contribution in [2.45, 2.75) is 44.9 Å². The molecule has 0 fully saturated rings. The van der Waals surface area contributed by atoms with E-state index in [1.54, 1.807) is 6.42 Å². The standard InChI is InChI=1S/C13H19O/c14-13-11-9-7-5-3-1-2-4-6-8-10-12-13/h3,5-6,8,12H,1-2,4,7,9-11H2/b5-3-,8-6+. The molecule has 1 heteroatoms. The monoisotopic (exact) mass is 191 g/mol. The van der Waals surface area contributed by atoms with Gasteiger partial charge in [-0.05, 0) is 38.5 Å². The van der Waals surface area contributed by atoms with E-state index >= 15 is 0 Å². The minimum atomic E-state index is 0.294. The average molecular weight is 191 g/mol. The number of hydrogen-bond acceptors (Lipinski definition) is 1. The van der Waals surface area contributed by atoms with Crippen LogP contribution in [0.5, 0.6) is 0 Å². The van der Waals surface area contributed by atoms with Gasteiger partial charge in [-0.15, -0.1) is 0 Å². The van der Waals surface area contributed by atoms with Crippen molar-refractivity contribution < 1.29 is 4.79 Å². The average Bonchev–Trinajstić information content (AvgIpc) is 2.20. The molecule has 0 aromatic carbocycles. The topological polar surface area (TPSA) is 17.1 Å². The highest BCUT2D eigenvalue weighted by molar-refractivity contribution is 5.86. The summed E-state index contributed by atoms with van der Waals surface area (Å²) in [6.45, 7) is 0. The zero-order valence-corrected chi connectivity index (χ0v) is 8.74. The van der Waals surface area contributed by atoms with E-state index in [1.165, 1.54) is 12.8 Å². The van der Waals surface area contributed by atoms with Crippen LogP contribution in [0.4, 0.5) is 0 Å². The van der Waals surface area contributed by atoms with Gasteiger partial charge in [-0.3, -0.25) is 4.79 Å². The van der Waals surface area contributed by atoms with E-state index in [4.69, 9.17) is 0 Å². The van der Waals surface area contributed by atoms with E-state index in [9.17, 15) is 4.79 Å². The van der Waals surface area contributed by atoms with E-state index in [2.05, 4.69) is 24.3 Å². The minimum Gasteiger partial charge on any atom is -0.299 e. The number of rotatable bonds is 0. The Labute approximate surface area is 86.9 Å². The summed E-state index contributed by atoms with van der Waals surface area (Å²) in [6.07, 6.45) is 17.6. The first kappa shape index (κ1) is 11.2. The Morgan fingerprint density at radius 2 is 1.50 bits per heavy atom. The van der Waals surface area contributed by atoms with E-state index in [1.807, 2.05) is 0 Å². The first-order valence-electron chi connectivity index (χ1n) is 5.55. The van der Waals surface area contributed by atoms with E-state index in [0.717, 1.165) is 25.7 Å². The SMILES string of the molecule is O=C1[CH]C/C=C/CCC/C=C\CCC1. The Hall–Kier alpha value is -0.850. The van der Waals surface area contributed by atoms with Gasteiger partial charge in [-0.1, -0.05) is 24.3 Å². The van der Waals surface area contributed by atoms with E-state index in [0.29, 0.717) is 12.2 Å². The van der Waals surface area contributed by atoms with Crippen molar-refractivity contribution in [3.8, 4) is 0 Å². The highest BCUT2D eigenvalue weighted by atomic mass is 16.1. The van der Waals surface area contributed by atoms with Crippen LogP contribution in [0, 0.1) is 6.42 Å². The quantitative estimate of drug-likeness (QED) is 0.534. The van der Waals surface area contributed by atoms with E-state index < -0.39 is 0 Å². The lowest BCUT2D eigenvalue weighted by Gasteiger charge is -1.95. The first-order valence-corrected chi connectivity index (χ1v) is 5.55. The Morgan fingerprint density at radius 1 is 0.857 bits per heavy atom. The van der Waals surface area contributed by atoms with Crippen molar-refractivity contribution >= 4 is 5.78 Å². The summed E-state index contributed by atoms with van der Waals surface area (Å²) in [5.41, 5.74) is 0. The van der Waals surface area contributed by atoms with Crippen LogP contribution in [-0.4, -0.2) is 5.78 Å². The third kappa shape index (κ3) is 5.74. The molecule has 0 spiro atoms. The predicted molar refractivity (Wildman–Crippen MR) is 59.9 cm³/mol. The van der Waals surface area contributed by atoms with Gasteiger partial charge in [0.15, 0.2) is 0 Å². The molecule has 0 N–H and O–H groups in total. The van der Waals surface area contributed by atoms with Gasteiger partial charge >= 0.3 is 0 Å². The smallest absolute Gasteiger partial charge is 0.137 e. The number of allylic oxidation sites excluding steroid dienone is 4. The lowest BCUT2D eigenvalue weighted by molar-refractivity contribution is -0.116. The number of Topliss-reactive ketones (excluding diaryl/α,β-unsaturated/α-hetero) is 1. The molecule has 14 heavy (non-hydrogen) atoms. The molecule has 1 radical (unpaired) electrons. The maximum Gasteiger partial charge on any atom is 0.137 e. The predicted octanol–water partition coefficient (Wildman–Crippen LogP) is 3.62. The van der Waals surface area contributed by atoms with Gasteiger partial charge in [0.25, 0.3) is 0 Å². The Bertz CT molecular complexity index is 213. The Kier molecular flexibility index (Phi) is 6.05. The zero-order chi connectivity index (χ0) is 10.1.